The summed E-state index contributed by atoms with van der Waals surface area (Å²) in [6, 6.07) is 11.1. The first-order valence-electron chi connectivity index (χ1n) is 10.7. The highest BCUT2D eigenvalue weighted by Crippen LogP contribution is 2.32. The lowest BCUT2D eigenvalue weighted by atomic mass is 10.2. The molecule has 0 spiro atoms. The number of likely N-dealkylation sites (N-methyl/N-ethyl adjacent to an activating group) is 1. The maximum Gasteiger partial charge on any atom is 0.243 e. The topological polar surface area (TPSA) is 93.9 Å². The Bertz CT molecular complexity index is 1130. The van der Waals surface area contributed by atoms with Crippen LogP contribution in [0.25, 0.3) is 11.3 Å². The highest BCUT2D eigenvalue weighted by atomic mass is 19.1. The number of anilines is 1. The van der Waals surface area contributed by atoms with Crippen LogP contribution in [0.3, 0.4) is 0 Å². The molecule has 0 bridgehead atoms. The largest absolute Gasteiger partial charge is 0.486 e. The molecule has 172 valence electrons. The lowest BCUT2D eigenvalue weighted by molar-refractivity contribution is -0.134. The SMILES string of the molecule is CCN(CC(=O)Nc1ccc2c(c1)OCCO2)C(=O)CCc1ncc(-c2ccc(F)cc2)o1. The second kappa shape index (κ2) is 10.2. The van der Waals surface area contributed by atoms with Gasteiger partial charge in [-0.25, -0.2) is 9.37 Å². The van der Waals surface area contributed by atoms with Gasteiger partial charge < -0.3 is 24.1 Å². The van der Waals surface area contributed by atoms with Crippen LogP contribution in [0.2, 0.25) is 0 Å². The number of hydrogen-bond acceptors (Lipinski definition) is 6. The monoisotopic (exact) mass is 453 g/mol. The molecular formula is C24H24FN3O5. The van der Waals surface area contributed by atoms with Gasteiger partial charge in [0.05, 0.1) is 12.7 Å². The molecule has 0 saturated carbocycles. The van der Waals surface area contributed by atoms with E-state index in [4.69, 9.17) is 13.9 Å². The molecule has 0 radical (unpaired) electrons. The fraction of sp³-hybridized carbons (Fsp3) is 0.292. The van der Waals surface area contributed by atoms with E-state index < -0.39 is 0 Å². The second-order valence-corrected chi connectivity index (χ2v) is 7.44. The molecule has 2 amide bonds. The third-order valence-electron chi connectivity index (χ3n) is 5.13. The molecule has 1 aliphatic heterocycles. The van der Waals surface area contributed by atoms with Crippen molar-refractivity contribution in [1.29, 1.82) is 0 Å². The van der Waals surface area contributed by atoms with Crippen LogP contribution in [-0.2, 0) is 16.0 Å². The number of ether oxygens (including phenoxy) is 2. The van der Waals surface area contributed by atoms with Crippen LogP contribution in [0.15, 0.2) is 53.1 Å². The Balaban J connectivity index is 1.29. The number of rotatable bonds is 8. The quantitative estimate of drug-likeness (QED) is 0.559. The predicted molar refractivity (Wildman–Crippen MR) is 119 cm³/mol. The normalized spacial score (nSPS) is 12.3. The van der Waals surface area contributed by atoms with Crippen molar-refractivity contribution in [2.75, 3.05) is 31.6 Å². The lowest BCUT2D eigenvalue weighted by Gasteiger charge is -2.21. The van der Waals surface area contributed by atoms with Gasteiger partial charge in [0, 0.05) is 36.7 Å². The van der Waals surface area contributed by atoms with E-state index in [1.165, 1.54) is 17.0 Å². The van der Waals surface area contributed by atoms with E-state index in [2.05, 4.69) is 10.3 Å². The molecule has 4 rings (SSSR count). The molecule has 1 aliphatic rings. The minimum absolute atomic E-state index is 0.0732. The van der Waals surface area contributed by atoms with E-state index in [9.17, 15) is 14.0 Å². The number of hydrogen-bond donors (Lipinski definition) is 1. The molecule has 33 heavy (non-hydrogen) atoms. The van der Waals surface area contributed by atoms with E-state index >= 15 is 0 Å². The molecule has 0 unspecified atom stereocenters. The van der Waals surface area contributed by atoms with Crippen molar-refractivity contribution in [3.8, 4) is 22.8 Å². The van der Waals surface area contributed by atoms with E-state index in [-0.39, 0.29) is 30.6 Å². The summed E-state index contributed by atoms with van der Waals surface area (Å²) in [5.74, 6) is 1.30. The van der Waals surface area contributed by atoms with Crippen LogP contribution >= 0.6 is 0 Å². The predicted octanol–water partition coefficient (Wildman–Crippen LogP) is 3.67. The Morgan fingerprint density at radius 3 is 2.61 bits per heavy atom. The first kappa shape index (κ1) is 22.3. The third-order valence-corrected chi connectivity index (χ3v) is 5.13. The van der Waals surface area contributed by atoms with Gasteiger partial charge in [-0.1, -0.05) is 0 Å². The van der Waals surface area contributed by atoms with Crippen molar-refractivity contribution in [2.45, 2.75) is 19.8 Å². The molecule has 8 nitrogen and oxygen atoms in total. The molecular weight excluding hydrogens is 429 g/mol. The molecule has 1 aromatic heterocycles. The number of oxazole rings is 1. The minimum Gasteiger partial charge on any atom is -0.486 e. The van der Waals surface area contributed by atoms with Gasteiger partial charge in [-0.3, -0.25) is 9.59 Å². The number of amides is 2. The highest BCUT2D eigenvalue weighted by molar-refractivity contribution is 5.94. The summed E-state index contributed by atoms with van der Waals surface area (Å²) < 4.78 is 29.7. The summed E-state index contributed by atoms with van der Waals surface area (Å²) in [6.07, 6.45) is 1.99. The van der Waals surface area contributed by atoms with Crippen molar-refractivity contribution >= 4 is 17.5 Å². The molecule has 2 aromatic carbocycles. The first-order valence-corrected chi connectivity index (χ1v) is 10.7. The fourth-order valence-electron chi connectivity index (χ4n) is 3.42. The summed E-state index contributed by atoms with van der Waals surface area (Å²) in [5, 5.41) is 2.79. The highest BCUT2D eigenvalue weighted by Gasteiger charge is 2.18. The number of carbonyl (C=O) groups excluding carboxylic acids is 2. The second-order valence-electron chi connectivity index (χ2n) is 7.44. The van der Waals surface area contributed by atoms with E-state index in [0.717, 1.165) is 0 Å². The lowest BCUT2D eigenvalue weighted by Crippen LogP contribution is -2.38. The maximum absolute atomic E-state index is 13.1. The van der Waals surface area contributed by atoms with E-state index in [1.807, 2.05) is 6.92 Å². The van der Waals surface area contributed by atoms with Gasteiger partial charge >= 0.3 is 0 Å². The van der Waals surface area contributed by atoms with Crippen LogP contribution in [0.1, 0.15) is 19.2 Å². The summed E-state index contributed by atoms with van der Waals surface area (Å²) in [6.45, 7) is 3.08. The molecule has 9 heteroatoms. The maximum atomic E-state index is 13.1. The summed E-state index contributed by atoms with van der Waals surface area (Å²) in [7, 11) is 0. The van der Waals surface area contributed by atoms with Crippen LogP contribution in [0.5, 0.6) is 11.5 Å². The number of aryl methyl sites for hydroxylation is 1. The number of fused-ring (bicyclic) bond motifs is 1. The number of carbonyl (C=O) groups is 2. The fourth-order valence-corrected chi connectivity index (χ4v) is 3.42. The average molecular weight is 453 g/mol. The van der Waals surface area contributed by atoms with E-state index in [0.29, 0.717) is 60.6 Å². The van der Waals surface area contributed by atoms with Gasteiger partial charge in [0.2, 0.25) is 11.8 Å². The molecule has 0 aliphatic carbocycles. The number of halogens is 1. The molecule has 0 saturated heterocycles. The third kappa shape index (κ3) is 5.68. The summed E-state index contributed by atoms with van der Waals surface area (Å²) in [4.78, 5) is 30.8. The summed E-state index contributed by atoms with van der Waals surface area (Å²) in [5.41, 5.74) is 1.27. The Hall–Kier alpha value is -3.88. The zero-order valence-electron chi connectivity index (χ0n) is 18.2. The number of nitrogens with zero attached hydrogens (tertiary/aromatic N) is 2. The van der Waals surface area contributed by atoms with Crippen LogP contribution in [0.4, 0.5) is 10.1 Å². The Labute approximate surface area is 190 Å². The number of nitrogens with one attached hydrogen (secondary N) is 1. The van der Waals surface area contributed by atoms with Gasteiger partial charge in [-0.2, -0.15) is 0 Å². The molecule has 1 N–H and O–H groups in total. The van der Waals surface area contributed by atoms with Gasteiger partial charge in [-0.15, -0.1) is 0 Å². The van der Waals surface area contributed by atoms with Gasteiger partial charge in [0.1, 0.15) is 19.0 Å². The molecule has 0 atom stereocenters. The van der Waals surface area contributed by atoms with Crippen molar-refractivity contribution < 1.29 is 27.9 Å². The minimum atomic E-state index is -0.332. The Morgan fingerprint density at radius 2 is 1.85 bits per heavy atom. The van der Waals surface area contributed by atoms with Gasteiger partial charge in [0.15, 0.2) is 23.1 Å². The molecule has 2 heterocycles. The standard InChI is InChI=1S/C24H24FN3O5/c1-2-28(15-22(29)27-18-7-8-19-20(13-18)32-12-11-31-19)24(30)10-9-23-26-14-21(33-23)16-3-5-17(25)6-4-16/h3-8,13-14H,2,9-12,15H2,1H3,(H,27,29). The molecule has 0 fully saturated rings. The van der Waals surface area contributed by atoms with Gasteiger partial charge in [0.25, 0.3) is 0 Å². The average Bonchev–Trinajstić information content (AvgIpc) is 3.30. The van der Waals surface area contributed by atoms with Crippen molar-refractivity contribution in [1.82, 2.24) is 9.88 Å². The zero-order valence-corrected chi connectivity index (χ0v) is 18.2. The smallest absolute Gasteiger partial charge is 0.243 e. The zero-order chi connectivity index (χ0) is 23.2. The van der Waals surface area contributed by atoms with Crippen LogP contribution in [0, 0.1) is 5.82 Å². The molecule has 3 aromatic rings. The van der Waals surface area contributed by atoms with Crippen LogP contribution in [-0.4, -0.2) is 48.0 Å². The van der Waals surface area contributed by atoms with Crippen LogP contribution < -0.4 is 14.8 Å². The summed E-state index contributed by atoms with van der Waals surface area (Å²) >= 11 is 0. The van der Waals surface area contributed by atoms with Crippen molar-refractivity contribution in [3.63, 3.8) is 0 Å². The number of aromatic nitrogens is 1. The van der Waals surface area contributed by atoms with Gasteiger partial charge in [-0.05, 0) is 43.3 Å². The first-order chi connectivity index (χ1) is 16.0. The van der Waals surface area contributed by atoms with Crippen molar-refractivity contribution in [3.05, 3.63) is 60.4 Å². The number of benzene rings is 2. The Morgan fingerprint density at radius 1 is 1.09 bits per heavy atom. The Kier molecular flexibility index (Phi) is 6.87. The van der Waals surface area contributed by atoms with Crippen molar-refractivity contribution in [2.24, 2.45) is 0 Å². The van der Waals surface area contributed by atoms with E-state index in [1.54, 1.807) is 36.5 Å².